The lowest BCUT2D eigenvalue weighted by atomic mass is 10.1. The summed E-state index contributed by atoms with van der Waals surface area (Å²) in [6.45, 7) is 1.34. The fraction of sp³-hybridized carbons (Fsp3) is 0.176. The molecule has 1 aromatic carbocycles. The number of alkyl halides is 3. The third-order valence-electron chi connectivity index (χ3n) is 3.52. The number of aryl methyl sites for hydroxylation is 1. The van der Waals surface area contributed by atoms with E-state index in [0.717, 1.165) is 12.3 Å². The minimum absolute atomic E-state index is 0.0756. The zero-order valence-corrected chi connectivity index (χ0v) is 15.1. The van der Waals surface area contributed by atoms with Gasteiger partial charge in [-0.15, -0.1) is 10.2 Å². The van der Waals surface area contributed by atoms with Gasteiger partial charge >= 0.3 is 6.18 Å². The Bertz CT molecular complexity index is 1010. The van der Waals surface area contributed by atoms with Gasteiger partial charge in [-0.1, -0.05) is 17.7 Å². The molecule has 0 radical (unpaired) electrons. The van der Waals surface area contributed by atoms with E-state index in [2.05, 4.69) is 25.8 Å². The van der Waals surface area contributed by atoms with E-state index in [-0.39, 0.29) is 24.1 Å². The van der Waals surface area contributed by atoms with Crippen LogP contribution in [-0.2, 0) is 12.7 Å². The molecular weight excluding hydrogens is 399 g/mol. The van der Waals surface area contributed by atoms with Crippen molar-refractivity contribution < 1.29 is 22.4 Å². The summed E-state index contributed by atoms with van der Waals surface area (Å²) in [4.78, 5) is 16.1. The number of nitrogens with one attached hydrogen (secondary N) is 2. The van der Waals surface area contributed by atoms with E-state index in [0.29, 0.717) is 10.7 Å². The fourth-order valence-corrected chi connectivity index (χ4v) is 2.50. The highest BCUT2D eigenvalue weighted by molar-refractivity contribution is 6.30. The number of anilines is 2. The normalized spacial score (nSPS) is 11.3. The monoisotopic (exact) mass is 411 g/mol. The molecule has 0 bridgehead atoms. The Hall–Kier alpha value is -3.14. The number of amides is 1. The number of hydrogen-bond donors (Lipinski definition) is 2. The quantitative estimate of drug-likeness (QED) is 0.656. The molecule has 2 N–H and O–H groups in total. The third-order valence-corrected chi connectivity index (χ3v) is 3.75. The average molecular weight is 412 g/mol. The smallest absolute Gasteiger partial charge is 0.417 e. The van der Waals surface area contributed by atoms with Crippen LogP contribution in [-0.4, -0.2) is 21.1 Å². The Labute approximate surface area is 161 Å². The van der Waals surface area contributed by atoms with Gasteiger partial charge in [0.1, 0.15) is 5.82 Å². The summed E-state index contributed by atoms with van der Waals surface area (Å²) in [6.07, 6.45) is -3.91. The van der Waals surface area contributed by atoms with Gasteiger partial charge in [-0.2, -0.15) is 13.2 Å². The Morgan fingerprint density at radius 3 is 2.68 bits per heavy atom. The van der Waals surface area contributed by atoms with E-state index in [9.17, 15) is 18.0 Å². The highest BCUT2D eigenvalue weighted by Crippen LogP contribution is 2.33. The molecule has 11 heteroatoms. The summed E-state index contributed by atoms with van der Waals surface area (Å²) < 4.78 is 45.4. The molecule has 0 saturated heterocycles. The minimum Gasteiger partial charge on any atom is -0.424 e. The summed E-state index contributed by atoms with van der Waals surface area (Å²) in [6, 6.07) is 7.17. The number of carbonyl (C=O) groups is 1. The molecule has 0 unspecified atom stereocenters. The molecule has 0 saturated carbocycles. The lowest BCUT2D eigenvalue weighted by molar-refractivity contribution is -0.137. The van der Waals surface area contributed by atoms with Gasteiger partial charge in [-0.3, -0.25) is 4.79 Å². The molecule has 2 heterocycles. The molecule has 0 aliphatic heterocycles. The van der Waals surface area contributed by atoms with Gasteiger partial charge in [0.05, 0.1) is 17.7 Å². The van der Waals surface area contributed by atoms with Gasteiger partial charge in [-0.05, 0) is 24.3 Å². The minimum atomic E-state index is -4.76. The van der Waals surface area contributed by atoms with Crippen molar-refractivity contribution in [3.63, 3.8) is 0 Å². The lowest BCUT2D eigenvalue weighted by Gasteiger charge is -2.14. The Morgan fingerprint density at radius 1 is 1.25 bits per heavy atom. The summed E-state index contributed by atoms with van der Waals surface area (Å²) in [7, 11) is 0. The number of aromatic nitrogens is 3. The predicted molar refractivity (Wildman–Crippen MR) is 94.2 cm³/mol. The number of nitrogens with zero attached hydrogens (tertiary/aromatic N) is 3. The van der Waals surface area contributed by atoms with Gasteiger partial charge in [0.25, 0.3) is 5.91 Å². The Kier molecular flexibility index (Phi) is 5.50. The molecule has 0 aliphatic carbocycles. The van der Waals surface area contributed by atoms with E-state index in [1.165, 1.54) is 6.07 Å². The molecule has 146 valence electrons. The van der Waals surface area contributed by atoms with Gasteiger partial charge in [-0.25, -0.2) is 4.98 Å². The number of rotatable bonds is 5. The van der Waals surface area contributed by atoms with Crippen LogP contribution < -0.4 is 10.6 Å². The molecule has 28 heavy (non-hydrogen) atoms. The number of halogens is 4. The number of benzene rings is 1. The second kappa shape index (κ2) is 7.85. The van der Waals surface area contributed by atoms with E-state index >= 15 is 0 Å². The van der Waals surface area contributed by atoms with E-state index in [4.69, 9.17) is 16.0 Å². The van der Waals surface area contributed by atoms with Crippen molar-refractivity contribution >= 4 is 29.0 Å². The van der Waals surface area contributed by atoms with Crippen LogP contribution in [0.5, 0.6) is 0 Å². The highest BCUT2D eigenvalue weighted by atomic mass is 35.5. The predicted octanol–water partition coefficient (Wildman–Crippen LogP) is 4.12. The molecule has 2 aromatic heterocycles. The second-order valence-corrected chi connectivity index (χ2v) is 6.08. The van der Waals surface area contributed by atoms with Gasteiger partial charge in [0.15, 0.2) is 0 Å². The topological polar surface area (TPSA) is 92.9 Å². The Balaban J connectivity index is 1.83. The van der Waals surface area contributed by atoms with Crippen LogP contribution in [0.25, 0.3) is 0 Å². The maximum Gasteiger partial charge on any atom is 0.417 e. The first kappa shape index (κ1) is 19.6. The molecule has 0 spiro atoms. The summed E-state index contributed by atoms with van der Waals surface area (Å²) in [5.74, 6) is -0.700. The fourth-order valence-electron chi connectivity index (χ4n) is 2.31. The first-order valence-electron chi connectivity index (χ1n) is 7.89. The average Bonchev–Trinajstić information content (AvgIpc) is 3.04. The van der Waals surface area contributed by atoms with Gasteiger partial charge in [0, 0.05) is 23.8 Å². The van der Waals surface area contributed by atoms with Gasteiger partial charge < -0.3 is 15.1 Å². The molecule has 0 fully saturated rings. The molecule has 0 aliphatic rings. The maximum atomic E-state index is 13.5. The third kappa shape index (κ3) is 4.77. The van der Waals surface area contributed by atoms with Crippen molar-refractivity contribution in [2.75, 3.05) is 5.32 Å². The molecule has 7 nitrogen and oxygen atoms in total. The van der Waals surface area contributed by atoms with Crippen LogP contribution in [0.1, 0.15) is 27.7 Å². The molecule has 0 atom stereocenters. The van der Waals surface area contributed by atoms with Crippen LogP contribution in [0, 0.1) is 6.92 Å². The SMILES string of the molecule is Cc1nnc(CNC(=O)c2cnc(Nc3cccc(Cl)c3)cc2C(F)(F)F)o1. The molecule has 3 aromatic rings. The van der Waals surface area contributed by atoms with Crippen molar-refractivity contribution in [2.24, 2.45) is 0 Å². The van der Waals surface area contributed by atoms with Crippen LogP contribution in [0.4, 0.5) is 24.7 Å². The lowest BCUT2D eigenvalue weighted by Crippen LogP contribution is -2.26. The van der Waals surface area contributed by atoms with Crippen molar-refractivity contribution in [3.8, 4) is 0 Å². The zero-order chi connectivity index (χ0) is 20.3. The van der Waals surface area contributed by atoms with E-state index in [1.807, 2.05) is 0 Å². The summed E-state index contributed by atoms with van der Waals surface area (Å²) >= 11 is 5.86. The highest BCUT2D eigenvalue weighted by Gasteiger charge is 2.36. The van der Waals surface area contributed by atoms with Crippen LogP contribution in [0.15, 0.2) is 40.9 Å². The van der Waals surface area contributed by atoms with Crippen molar-refractivity contribution in [1.29, 1.82) is 0 Å². The first-order chi connectivity index (χ1) is 13.2. The van der Waals surface area contributed by atoms with Crippen molar-refractivity contribution in [3.05, 3.63) is 64.5 Å². The van der Waals surface area contributed by atoms with Crippen molar-refractivity contribution in [1.82, 2.24) is 20.5 Å². The second-order valence-electron chi connectivity index (χ2n) is 5.65. The number of hydrogen-bond acceptors (Lipinski definition) is 6. The molecular formula is C17H13ClF3N5O2. The Morgan fingerprint density at radius 2 is 2.04 bits per heavy atom. The number of carbonyl (C=O) groups excluding carboxylic acids is 1. The van der Waals surface area contributed by atoms with Crippen LogP contribution in [0.2, 0.25) is 5.02 Å². The van der Waals surface area contributed by atoms with E-state index in [1.54, 1.807) is 25.1 Å². The summed E-state index contributed by atoms with van der Waals surface area (Å²) in [5.41, 5.74) is -1.30. The molecule has 3 rings (SSSR count). The number of pyridine rings is 1. The maximum absolute atomic E-state index is 13.5. The van der Waals surface area contributed by atoms with Crippen LogP contribution >= 0.6 is 11.6 Å². The largest absolute Gasteiger partial charge is 0.424 e. The molecule has 1 amide bonds. The zero-order valence-electron chi connectivity index (χ0n) is 14.3. The first-order valence-corrected chi connectivity index (χ1v) is 8.27. The summed E-state index contributed by atoms with van der Waals surface area (Å²) in [5, 5.41) is 12.7. The van der Waals surface area contributed by atoms with E-state index < -0.39 is 23.2 Å². The van der Waals surface area contributed by atoms with Crippen molar-refractivity contribution in [2.45, 2.75) is 19.6 Å². The standard InChI is InChI=1S/C17H13ClF3N5O2/c1-9-25-26-15(28-9)8-23-16(27)12-7-22-14(6-13(12)17(19,20)21)24-11-4-2-3-10(18)5-11/h2-7H,8H2,1H3,(H,22,24)(H,23,27). The van der Waals surface area contributed by atoms with Gasteiger partial charge in [0.2, 0.25) is 11.8 Å². The van der Waals surface area contributed by atoms with Crippen LogP contribution in [0.3, 0.4) is 0 Å².